The zero-order chi connectivity index (χ0) is 17.1. The summed E-state index contributed by atoms with van der Waals surface area (Å²) in [5.41, 5.74) is 2.03. The summed E-state index contributed by atoms with van der Waals surface area (Å²) < 4.78 is 12.9. The monoisotopic (exact) mass is 359 g/mol. The number of carbonyl (C=O) groups is 1. The van der Waals surface area contributed by atoms with Crippen LogP contribution < -0.4 is 10.6 Å². The van der Waals surface area contributed by atoms with Gasteiger partial charge in [0.1, 0.15) is 16.9 Å². The van der Waals surface area contributed by atoms with E-state index < -0.39 is 11.7 Å². The molecule has 2 aromatic rings. The number of nitriles is 1. The minimum atomic E-state index is -0.424. The second-order valence-corrected chi connectivity index (χ2v) is 6.96. The zero-order valence-electron chi connectivity index (χ0n) is 12.7. The Balaban J connectivity index is 1.71. The van der Waals surface area contributed by atoms with Crippen molar-refractivity contribution >= 4 is 39.6 Å². The maximum absolute atomic E-state index is 12.9. The van der Waals surface area contributed by atoms with Crippen LogP contribution in [0.25, 0.3) is 0 Å². The summed E-state index contributed by atoms with van der Waals surface area (Å²) in [6.07, 6.45) is 4.10. The quantitative estimate of drug-likeness (QED) is 0.801. The third kappa shape index (κ3) is 3.45. The molecule has 1 aliphatic rings. The molecule has 7 heteroatoms. The Morgan fingerprint density at radius 1 is 1.25 bits per heavy atom. The van der Waals surface area contributed by atoms with Crippen LogP contribution >= 0.6 is 23.6 Å². The number of benzene rings is 1. The molecular weight excluding hydrogens is 345 g/mol. The number of aryl methyl sites for hydroxylation is 1. The van der Waals surface area contributed by atoms with Crippen LogP contribution in [0.1, 0.15) is 39.2 Å². The Hall–Kier alpha value is -2.30. The molecule has 1 heterocycles. The molecule has 2 N–H and O–H groups in total. The molecule has 0 aliphatic heterocycles. The summed E-state index contributed by atoms with van der Waals surface area (Å²) in [4.78, 5) is 13.3. The highest BCUT2D eigenvalue weighted by atomic mass is 32.1. The van der Waals surface area contributed by atoms with Crippen LogP contribution in [-0.2, 0) is 12.8 Å². The van der Waals surface area contributed by atoms with Crippen LogP contribution in [0.2, 0.25) is 0 Å². The molecule has 0 atom stereocenters. The molecule has 0 saturated heterocycles. The van der Waals surface area contributed by atoms with E-state index >= 15 is 0 Å². The van der Waals surface area contributed by atoms with E-state index in [4.69, 9.17) is 12.2 Å². The first-order chi connectivity index (χ1) is 11.6. The van der Waals surface area contributed by atoms with Crippen molar-refractivity contribution < 1.29 is 9.18 Å². The highest BCUT2D eigenvalue weighted by molar-refractivity contribution is 7.80. The molecule has 0 saturated carbocycles. The number of hydrogen-bond donors (Lipinski definition) is 2. The van der Waals surface area contributed by atoms with Crippen LogP contribution in [0.15, 0.2) is 24.3 Å². The van der Waals surface area contributed by atoms with Gasteiger partial charge in [0.05, 0.1) is 5.56 Å². The molecule has 1 aromatic heterocycles. The van der Waals surface area contributed by atoms with Gasteiger partial charge in [0, 0.05) is 10.4 Å². The number of anilines is 1. The second kappa shape index (κ2) is 7.07. The number of amides is 1. The third-order valence-electron chi connectivity index (χ3n) is 3.84. The average Bonchev–Trinajstić information content (AvgIpc) is 2.92. The maximum atomic E-state index is 12.9. The van der Waals surface area contributed by atoms with E-state index in [0.717, 1.165) is 31.2 Å². The number of carbonyl (C=O) groups excluding carboxylic acids is 1. The van der Waals surface area contributed by atoms with Gasteiger partial charge in [-0.2, -0.15) is 5.26 Å². The van der Waals surface area contributed by atoms with E-state index in [1.807, 2.05) is 0 Å². The van der Waals surface area contributed by atoms with Crippen LogP contribution in [0, 0.1) is 17.1 Å². The van der Waals surface area contributed by atoms with Crippen molar-refractivity contribution in [3.63, 3.8) is 0 Å². The van der Waals surface area contributed by atoms with Gasteiger partial charge in [0.2, 0.25) is 0 Å². The van der Waals surface area contributed by atoms with Gasteiger partial charge in [-0.25, -0.2) is 4.39 Å². The minimum Gasteiger partial charge on any atom is -0.323 e. The molecular formula is C17H14FN3OS2. The first-order valence-corrected chi connectivity index (χ1v) is 8.73. The lowest BCUT2D eigenvalue weighted by Crippen LogP contribution is -2.34. The van der Waals surface area contributed by atoms with E-state index in [9.17, 15) is 14.4 Å². The topological polar surface area (TPSA) is 64.9 Å². The summed E-state index contributed by atoms with van der Waals surface area (Å²) in [6.45, 7) is 0. The minimum absolute atomic E-state index is 0.124. The third-order valence-corrected chi connectivity index (χ3v) is 5.26. The first kappa shape index (κ1) is 16.6. The van der Waals surface area contributed by atoms with Gasteiger partial charge in [0.25, 0.3) is 5.91 Å². The Kier molecular flexibility index (Phi) is 4.88. The van der Waals surface area contributed by atoms with Gasteiger partial charge in [-0.1, -0.05) is 0 Å². The number of nitrogens with one attached hydrogen (secondary N) is 2. The highest BCUT2D eigenvalue weighted by Gasteiger charge is 2.21. The first-order valence-electron chi connectivity index (χ1n) is 7.51. The summed E-state index contributed by atoms with van der Waals surface area (Å²) in [7, 11) is 0. The molecule has 0 bridgehead atoms. The van der Waals surface area contributed by atoms with Gasteiger partial charge in [0.15, 0.2) is 5.11 Å². The molecule has 0 fully saturated rings. The predicted octanol–water partition coefficient (Wildman–Crippen LogP) is 3.76. The van der Waals surface area contributed by atoms with E-state index in [-0.39, 0.29) is 5.11 Å². The molecule has 1 aliphatic carbocycles. The fourth-order valence-corrected chi connectivity index (χ4v) is 4.19. The van der Waals surface area contributed by atoms with Crippen molar-refractivity contribution in [2.75, 3.05) is 5.32 Å². The van der Waals surface area contributed by atoms with Crippen molar-refractivity contribution in [3.05, 3.63) is 51.7 Å². The van der Waals surface area contributed by atoms with Crippen molar-refractivity contribution in [3.8, 4) is 6.07 Å². The molecule has 0 spiro atoms. The number of hydrogen-bond acceptors (Lipinski definition) is 4. The van der Waals surface area contributed by atoms with Gasteiger partial charge >= 0.3 is 0 Å². The van der Waals surface area contributed by atoms with E-state index in [0.29, 0.717) is 16.1 Å². The smallest absolute Gasteiger partial charge is 0.257 e. The standard InChI is InChI=1S/C17H14FN3OS2/c18-11-7-5-10(6-8-11)15(22)20-17(23)21-16-13(9-19)12-3-1-2-4-14(12)24-16/h5-8H,1-4H2,(H2,20,21,22,23). The van der Waals surface area contributed by atoms with Crippen LogP contribution in [0.5, 0.6) is 0 Å². The molecule has 1 amide bonds. The summed E-state index contributed by atoms with van der Waals surface area (Å²) in [5, 5.41) is 15.7. The predicted molar refractivity (Wildman–Crippen MR) is 95.8 cm³/mol. The number of halogens is 1. The Morgan fingerprint density at radius 3 is 2.67 bits per heavy atom. The number of thiophene rings is 1. The number of rotatable bonds is 2. The van der Waals surface area contributed by atoms with Gasteiger partial charge in [-0.3, -0.25) is 10.1 Å². The van der Waals surface area contributed by atoms with Crippen molar-refractivity contribution in [2.45, 2.75) is 25.7 Å². The Labute approximate surface area is 148 Å². The fraction of sp³-hybridized carbons (Fsp3) is 0.235. The molecule has 1 aromatic carbocycles. The number of nitrogens with zero attached hydrogens (tertiary/aromatic N) is 1. The lowest BCUT2D eigenvalue weighted by molar-refractivity contribution is 0.0977. The fourth-order valence-electron chi connectivity index (χ4n) is 2.68. The molecule has 0 radical (unpaired) electrons. The van der Waals surface area contributed by atoms with Crippen molar-refractivity contribution in [1.82, 2.24) is 5.32 Å². The molecule has 24 heavy (non-hydrogen) atoms. The molecule has 122 valence electrons. The van der Waals surface area contributed by atoms with Gasteiger partial charge in [-0.15, -0.1) is 11.3 Å². The summed E-state index contributed by atoms with van der Waals surface area (Å²) >= 11 is 6.68. The lowest BCUT2D eigenvalue weighted by Gasteiger charge is -2.10. The van der Waals surface area contributed by atoms with Crippen molar-refractivity contribution in [2.24, 2.45) is 0 Å². The Morgan fingerprint density at radius 2 is 1.96 bits per heavy atom. The zero-order valence-corrected chi connectivity index (χ0v) is 14.3. The Bertz CT molecular complexity index is 837. The van der Waals surface area contributed by atoms with Crippen LogP contribution in [-0.4, -0.2) is 11.0 Å². The molecule has 0 unspecified atom stereocenters. The van der Waals surface area contributed by atoms with Gasteiger partial charge in [-0.05, 0) is 67.7 Å². The van der Waals surface area contributed by atoms with Gasteiger partial charge < -0.3 is 5.32 Å². The average molecular weight is 359 g/mol. The number of fused-ring (bicyclic) bond motifs is 1. The molecule has 3 rings (SSSR count). The van der Waals surface area contributed by atoms with Crippen LogP contribution in [0.4, 0.5) is 9.39 Å². The van der Waals surface area contributed by atoms with E-state index in [2.05, 4.69) is 16.7 Å². The lowest BCUT2D eigenvalue weighted by atomic mass is 9.96. The van der Waals surface area contributed by atoms with E-state index in [1.165, 1.54) is 40.5 Å². The highest BCUT2D eigenvalue weighted by Crippen LogP contribution is 2.37. The van der Waals surface area contributed by atoms with Crippen molar-refractivity contribution in [1.29, 1.82) is 5.26 Å². The van der Waals surface area contributed by atoms with Crippen LogP contribution in [0.3, 0.4) is 0 Å². The summed E-state index contributed by atoms with van der Waals surface area (Å²) in [5.74, 6) is -0.831. The number of thiocarbonyl (C=S) groups is 1. The normalized spacial score (nSPS) is 12.8. The second-order valence-electron chi connectivity index (χ2n) is 5.44. The summed E-state index contributed by atoms with van der Waals surface area (Å²) in [6, 6.07) is 7.44. The SMILES string of the molecule is N#Cc1c(NC(=S)NC(=O)c2ccc(F)cc2)sc2c1CCCC2. The molecule has 4 nitrogen and oxygen atoms in total. The van der Waals surface area contributed by atoms with E-state index in [1.54, 1.807) is 0 Å². The maximum Gasteiger partial charge on any atom is 0.257 e. The largest absolute Gasteiger partial charge is 0.323 e.